The van der Waals surface area contributed by atoms with E-state index in [-0.39, 0.29) is 28.9 Å². The highest BCUT2D eigenvalue weighted by Crippen LogP contribution is 2.39. The van der Waals surface area contributed by atoms with E-state index in [2.05, 4.69) is 11.8 Å². The molecule has 0 spiro atoms. The third-order valence-corrected chi connectivity index (χ3v) is 7.13. The first-order valence-electron chi connectivity index (χ1n) is 9.80. The highest BCUT2D eigenvalue weighted by Gasteiger charge is 2.40. The number of hydrogen-bond donors (Lipinski definition) is 3. The van der Waals surface area contributed by atoms with E-state index in [1.165, 1.54) is 31.0 Å². The first-order chi connectivity index (χ1) is 12.5. The van der Waals surface area contributed by atoms with Gasteiger partial charge in [-0.05, 0) is 49.7 Å². The molecule has 2 fully saturated rings. The molecule has 0 aliphatic heterocycles. The number of carboxylic acid groups (broad SMARTS) is 1. The van der Waals surface area contributed by atoms with Crippen LogP contribution < -0.4 is 0 Å². The predicted molar refractivity (Wildman–Crippen MR) is 106 cm³/mol. The van der Waals surface area contributed by atoms with Crippen LogP contribution >= 0.6 is 23.4 Å². The fraction of sp³-hybridized carbons (Fsp3) is 0.850. The lowest BCUT2D eigenvalue weighted by molar-refractivity contribution is -0.133. The average Bonchev–Trinajstić information content (AvgIpc) is 2.89. The predicted octanol–water partition coefficient (Wildman–Crippen LogP) is 3.52. The SMILES string of the molecule is O=C(O)CSCCCC[C@@H]1[C@@H](C#C[C@@H](O)C2CCCCC2)[C@H](O)C[C@H]1Cl. The van der Waals surface area contributed by atoms with Gasteiger partial charge in [0, 0.05) is 5.38 Å². The number of alkyl halides is 1. The van der Waals surface area contributed by atoms with Crippen LogP contribution in [0.5, 0.6) is 0 Å². The second kappa shape index (κ2) is 11.4. The Balaban J connectivity index is 1.81. The molecule has 0 bridgehead atoms. The number of unbranched alkanes of at least 4 members (excludes halogenated alkanes) is 1. The molecule has 0 aromatic rings. The minimum Gasteiger partial charge on any atom is -0.481 e. The lowest BCUT2D eigenvalue weighted by Crippen LogP contribution is -2.23. The van der Waals surface area contributed by atoms with Crippen molar-refractivity contribution in [2.75, 3.05) is 11.5 Å². The van der Waals surface area contributed by atoms with Crippen molar-refractivity contribution in [3.63, 3.8) is 0 Å². The van der Waals surface area contributed by atoms with Crippen LogP contribution in [0.25, 0.3) is 0 Å². The number of aliphatic carboxylic acids is 1. The van der Waals surface area contributed by atoms with Crippen molar-refractivity contribution in [2.24, 2.45) is 17.8 Å². The maximum absolute atomic E-state index is 10.5. The highest BCUT2D eigenvalue weighted by molar-refractivity contribution is 7.99. The van der Waals surface area contributed by atoms with E-state index in [1.807, 2.05) is 0 Å². The molecule has 4 nitrogen and oxygen atoms in total. The summed E-state index contributed by atoms with van der Waals surface area (Å²) in [6.07, 6.45) is 7.89. The summed E-state index contributed by atoms with van der Waals surface area (Å²) in [6, 6.07) is 0. The summed E-state index contributed by atoms with van der Waals surface area (Å²) in [5.41, 5.74) is 0. The topological polar surface area (TPSA) is 77.8 Å². The van der Waals surface area contributed by atoms with Gasteiger partial charge in [0.25, 0.3) is 0 Å². The maximum atomic E-state index is 10.5. The summed E-state index contributed by atoms with van der Waals surface area (Å²) in [5.74, 6) is 6.62. The van der Waals surface area contributed by atoms with Gasteiger partial charge in [-0.15, -0.1) is 11.6 Å². The Morgan fingerprint density at radius 1 is 1.23 bits per heavy atom. The third kappa shape index (κ3) is 6.96. The van der Waals surface area contributed by atoms with Gasteiger partial charge in [0.15, 0.2) is 0 Å². The van der Waals surface area contributed by atoms with Gasteiger partial charge in [0.05, 0.1) is 17.8 Å². The van der Waals surface area contributed by atoms with E-state index >= 15 is 0 Å². The van der Waals surface area contributed by atoms with Crippen molar-refractivity contribution >= 4 is 29.3 Å². The monoisotopic (exact) mass is 402 g/mol. The number of thioether (sulfide) groups is 1. The van der Waals surface area contributed by atoms with Gasteiger partial charge in [-0.3, -0.25) is 4.79 Å². The second-order valence-corrected chi connectivity index (χ2v) is 9.25. The first kappa shape index (κ1) is 21.9. The molecule has 5 atom stereocenters. The van der Waals surface area contributed by atoms with Crippen LogP contribution in [0.2, 0.25) is 0 Å². The zero-order chi connectivity index (χ0) is 18.9. The zero-order valence-corrected chi connectivity index (χ0v) is 16.9. The number of carbonyl (C=O) groups is 1. The lowest BCUT2D eigenvalue weighted by Gasteiger charge is -2.24. The number of aliphatic hydroxyl groups is 2. The Morgan fingerprint density at radius 3 is 2.65 bits per heavy atom. The molecule has 0 unspecified atom stereocenters. The van der Waals surface area contributed by atoms with Crippen molar-refractivity contribution in [3.8, 4) is 11.8 Å². The summed E-state index contributed by atoms with van der Waals surface area (Å²) < 4.78 is 0. The van der Waals surface area contributed by atoms with Crippen molar-refractivity contribution in [2.45, 2.75) is 75.4 Å². The molecule has 0 heterocycles. The van der Waals surface area contributed by atoms with E-state index in [4.69, 9.17) is 16.7 Å². The molecule has 2 rings (SSSR count). The Kier molecular flexibility index (Phi) is 9.63. The largest absolute Gasteiger partial charge is 0.481 e. The van der Waals surface area contributed by atoms with Crippen LogP contribution in [0.3, 0.4) is 0 Å². The van der Waals surface area contributed by atoms with Gasteiger partial charge in [0.2, 0.25) is 0 Å². The molecule has 148 valence electrons. The molecular formula is C20H31ClO4S. The molecule has 0 saturated heterocycles. The molecular weight excluding hydrogens is 372 g/mol. The van der Waals surface area contributed by atoms with E-state index in [9.17, 15) is 15.0 Å². The van der Waals surface area contributed by atoms with Crippen molar-refractivity contribution in [3.05, 3.63) is 0 Å². The Bertz CT molecular complexity index is 498. The van der Waals surface area contributed by atoms with Crippen LogP contribution in [0.15, 0.2) is 0 Å². The standard InChI is InChI=1S/C20H31ClO4S/c21-17-12-19(23)16(9-10-18(22)14-6-2-1-3-7-14)15(17)8-4-5-11-26-13-20(24)25/h14-19,22-23H,1-8,11-13H2,(H,24,25)/t15-,16-,17-,18-,19-/m1/s1. The molecule has 3 N–H and O–H groups in total. The van der Waals surface area contributed by atoms with Crippen LogP contribution in [0.4, 0.5) is 0 Å². The smallest absolute Gasteiger partial charge is 0.313 e. The van der Waals surface area contributed by atoms with Gasteiger partial charge >= 0.3 is 5.97 Å². The zero-order valence-electron chi connectivity index (χ0n) is 15.3. The fourth-order valence-corrected chi connectivity index (χ4v) is 5.31. The summed E-state index contributed by atoms with van der Waals surface area (Å²) in [7, 11) is 0. The molecule has 0 aromatic carbocycles. The van der Waals surface area contributed by atoms with Crippen LogP contribution in [-0.4, -0.2) is 50.4 Å². The van der Waals surface area contributed by atoms with E-state index < -0.39 is 18.2 Å². The molecule has 0 amide bonds. The normalized spacial score (nSPS) is 30.6. The minimum absolute atomic E-state index is 0.0807. The Labute approximate surface area is 166 Å². The third-order valence-electron chi connectivity index (χ3n) is 5.60. The molecule has 2 saturated carbocycles. The van der Waals surface area contributed by atoms with Crippen LogP contribution in [0.1, 0.15) is 57.8 Å². The summed E-state index contributed by atoms with van der Waals surface area (Å²) >= 11 is 7.87. The first-order valence-corrected chi connectivity index (χ1v) is 11.4. The number of aliphatic hydroxyl groups excluding tert-OH is 2. The summed E-state index contributed by atoms with van der Waals surface area (Å²) in [5, 5.41) is 29.2. The number of halogens is 1. The van der Waals surface area contributed by atoms with Gasteiger partial charge in [-0.2, -0.15) is 11.8 Å². The summed E-state index contributed by atoms with van der Waals surface area (Å²) in [6.45, 7) is 0. The van der Waals surface area contributed by atoms with Gasteiger partial charge < -0.3 is 15.3 Å². The number of rotatable bonds is 8. The van der Waals surface area contributed by atoms with Gasteiger partial charge in [0.1, 0.15) is 6.10 Å². The molecule has 0 aromatic heterocycles. The Morgan fingerprint density at radius 2 is 1.96 bits per heavy atom. The van der Waals surface area contributed by atoms with Crippen molar-refractivity contribution < 1.29 is 20.1 Å². The molecule has 2 aliphatic rings. The quantitative estimate of drug-likeness (QED) is 0.329. The molecule has 6 heteroatoms. The van der Waals surface area contributed by atoms with Crippen LogP contribution in [0, 0.1) is 29.6 Å². The lowest BCUT2D eigenvalue weighted by atomic mass is 9.84. The number of carboxylic acids is 1. The Hall–Kier alpha value is -0.410. The van der Waals surface area contributed by atoms with E-state index in [0.29, 0.717) is 6.42 Å². The van der Waals surface area contributed by atoms with Crippen molar-refractivity contribution in [1.82, 2.24) is 0 Å². The fourth-order valence-electron chi connectivity index (χ4n) is 4.12. The molecule has 2 aliphatic carbocycles. The minimum atomic E-state index is -0.776. The van der Waals surface area contributed by atoms with Gasteiger partial charge in [-0.25, -0.2) is 0 Å². The molecule has 26 heavy (non-hydrogen) atoms. The van der Waals surface area contributed by atoms with Crippen molar-refractivity contribution in [1.29, 1.82) is 0 Å². The second-order valence-electron chi connectivity index (χ2n) is 7.58. The van der Waals surface area contributed by atoms with E-state index in [0.717, 1.165) is 37.9 Å². The van der Waals surface area contributed by atoms with Crippen LogP contribution in [-0.2, 0) is 4.79 Å². The summed E-state index contributed by atoms with van der Waals surface area (Å²) in [4.78, 5) is 10.5. The van der Waals surface area contributed by atoms with Gasteiger partial charge in [-0.1, -0.05) is 37.5 Å². The average molecular weight is 403 g/mol. The maximum Gasteiger partial charge on any atom is 0.313 e. The number of hydrogen-bond acceptors (Lipinski definition) is 4. The van der Waals surface area contributed by atoms with E-state index in [1.54, 1.807) is 0 Å². The molecule has 0 radical (unpaired) electrons. The highest BCUT2D eigenvalue weighted by atomic mass is 35.5.